The molecule has 3 heteroatoms. The zero-order valence-electron chi connectivity index (χ0n) is 12.7. The van der Waals surface area contributed by atoms with Gasteiger partial charge in [-0.25, -0.2) is 0 Å². The number of benzene rings is 1. The Labute approximate surface area is 122 Å². The Morgan fingerprint density at radius 3 is 2.50 bits per heavy atom. The molecule has 1 N–H and O–H groups in total. The van der Waals surface area contributed by atoms with Gasteiger partial charge in [0.2, 0.25) is 0 Å². The summed E-state index contributed by atoms with van der Waals surface area (Å²) in [5.41, 5.74) is 2.70. The first-order valence-corrected chi connectivity index (χ1v) is 7.27. The fraction of sp³-hybridized carbons (Fsp3) is 0.412. The van der Waals surface area contributed by atoms with Gasteiger partial charge in [-0.1, -0.05) is 30.3 Å². The number of hydrogen-bond donors (Lipinski definition) is 1. The molecule has 0 saturated heterocycles. The summed E-state index contributed by atoms with van der Waals surface area (Å²) >= 11 is 0. The third-order valence-corrected chi connectivity index (χ3v) is 3.65. The number of rotatable bonds is 7. The number of hydrogen-bond acceptors (Lipinski definition) is 2. The van der Waals surface area contributed by atoms with E-state index in [0.29, 0.717) is 6.04 Å². The van der Waals surface area contributed by atoms with Crippen molar-refractivity contribution in [2.24, 2.45) is 0 Å². The quantitative estimate of drug-likeness (QED) is 0.835. The van der Waals surface area contributed by atoms with E-state index >= 15 is 0 Å². The van der Waals surface area contributed by atoms with E-state index in [1.165, 1.54) is 11.1 Å². The van der Waals surface area contributed by atoms with E-state index in [-0.39, 0.29) is 0 Å². The minimum Gasteiger partial charge on any atom is -0.354 e. The average Bonchev–Trinajstić information content (AvgIpc) is 2.92. The van der Waals surface area contributed by atoms with Gasteiger partial charge in [-0.15, -0.1) is 0 Å². The highest BCUT2D eigenvalue weighted by Crippen LogP contribution is 2.16. The second-order valence-electron chi connectivity index (χ2n) is 5.37. The topological polar surface area (TPSA) is 20.2 Å². The first-order valence-electron chi connectivity index (χ1n) is 7.27. The molecule has 0 amide bonds. The second-order valence-corrected chi connectivity index (χ2v) is 5.37. The van der Waals surface area contributed by atoms with Crippen molar-refractivity contribution in [1.82, 2.24) is 14.8 Å². The Kier molecular flexibility index (Phi) is 5.39. The van der Waals surface area contributed by atoms with Gasteiger partial charge in [0.1, 0.15) is 0 Å². The first kappa shape index (κ1) is 14.8. The molecule has 3 nitrogen and oxygen atoms in total. The van der Waals surface area contributed by atoms with Crippen molar-refractivity contribution in [3.05, 3.63) is 59.9 Å². The van der Waals surface area contributed by atoms with Crippen molar-refractivity contribution in [2.45, 2.75) is 26.1 Å². The van der Waals surface area contributed by atoms with Crippen LogP contribution in [-0.2, 0) is 13.1 Å². The monoisotopic (exact) mass is 271 g/mol. The maximum atomic E-state index is 3.56. The van der Waals surface area contributed by atoms with E-state index in [0.717, 1.165) is 19.6 Å². The van der Waals surface area contributed by atoms with Gasteiger partial charge in [0.05, 0.1) is 0 Å². The molecule has 0 radical (unpaired) electrons. The van der Waals surface area contributed by atoms with Gasteiger partial charge in [-0.3, -0.25) is 0 Å². The van der Waals surface area contributed by atoms with Crippen LogP contribution in [0.15, 0.2) is 48.8 Å². The Hall–Kier alpha value is -1.58. The molecule has 1 heterocycles. The smallest absolute Gasteiger partial charge is 0.0466 e. The molecule has 20 heavy (non-hydrogen) atoms. The summed E-state index contributed by atoms with van der Waals surface area (Å²) in [6.07, 6.45) is 4.35. The molecule has 0 saturated carbocycles. The second kappa shape index (κ2) is 7.27. The van der Waals surface area contributed by atoms with Gasteiger partial charge in [0, 0.05) is 38.1 Å². The van der Waals surface area contributed by atoms with Gasteiger partial charge < -0.3 is 14.8 Å². The largest absolute Gasteiger partial charge is 0.354 e. The number of nitrogens with one attached hydrogen (secondary N) is 1. The van der Waals surface area contributed by atoms with Crippen LogP contribution in [0.1, 0.15) is 24.1 Å². The van der Waals surface area contributed by atoms with Crippen molar-refractivity contribution in [3.8, 4) is 0 Å². The third kappa shape index (κ3) is 3.95. The molecule has 1 aromatic carbocycles. The van der Waals surface area contributed by atoms with Crippen LogP contribution in [-0.4, -0.2) is 30.1 Å². The van der Waals surface area contributed by atoms with Gasteiger partial charge in [-0.05, 0) is 38.2 Å². The van der Waals surface area contributed by atoms with E-state index in [4.69, 9.17) is 0 Å². The molecule has 2 rings (SSSR count). The minimum atomic E-state index is 0.407. The standard InChI is InChI=1S/C17H25N3/c1-4-20-11-10-15(14-20)12-18-13-17(19(2)3)16-8-6-5-7-9-16/h5-11,14,17-18H,4,12-13H2,1-3H3. The van der Waals surface area contributed by atoms with Crippen molar-refractivity contribution < 1.29 is 0 Å². The molecule has 2 aromatic rings. The number of aromatic nitrogens is 1. The molecule has 0 fully saturated rings. The van der Waals surface area contributed by atoms with Crippen LogP contribution in [0.25, 0.3) is 0 Å². The van der Waals surface area contributed by atoms with E-state index < -0.39 is 0 Å². The van der Waals surface area contributed by atoms with Crippen LogP contribution in [0, 0.1) is 0 Å². The molecule has 0 aliphatic heterocycles. The molecule has 0 spiro atoms. The fourth-order valence-corrected chi connectivity index (χ4v) is 2.42. The lowest BCUT2D eigenvalue weighted by Crippen LogP contribution is -2.30. The molecule has 1 aromatic heterocycles. The molecule has 108 valence electrons. The zero-order valence-corrected chi connectivity index (χ0v) is 12.7. The van der Waals surface area contributed by atoms with E-state index in [9.17, 15) is 0 Å². The molecule has 0 aliphatic rings. The highest BCUT2D eigenvalue weighted by atomic mass is 15.1. The Morgan fingerprint density at radius 1 is 1.15 bits per heavy atom. The highest BCUT2D eigenvalue weighted by Gasteiger charge is 2.12. The molecular weight excluding hydrogens is 246 g/mol. The maximum Gasteiger partial charge on any atom is 0.0466 e. The molecule has 0 aliphatic carbocycles. The van der Waals surface area contributed by atoms with Crippen molar-refractivity contribution >= 4 is 0 Å². The van der Waals surface area contributed by atoms with Gasteiger partial charge in [-0.2, -0.15) is 0 Å². The number of aryl methyl sites for hydroxylation is 1. The third-order valence-electron chi connectivity index (χ3n) is 3.65. The Bertz CT molecular complexity index is 502. The van der Waals surface area contributed by atoms with E-state index in [1.54, 1.807) is 0 Å². The predicted molar refractivity (Wildman–Crippen MR) is 84.7 cm³/mol. The van der Waals surface area contributed by atoms with Crippen LogP contribution >= 0.6 is 0 Å². The van der Waals surface area contributed by atoms with Crippen LogP contribution in [0.2, 0.25) is 0 Å². The number of likely N-dealkylation sites (N-methyl/N-ethyl adjacent to an activating group) is 1. The van der Waals surface area contributed by atoms with Gasteiger partial charge >= 0.3 is 0 Å². The fourth-order valence-electron chi connectivity index (χ4n) is 2.42. The summed E-state index contributed by atoms with van der Waals surface area (Å²) in [5.74, 6) is 0. The summed E-state index contributed by atoms with van der Waals surface area (Å²) in [6, 6.07) is 13.3. The number of nitrogens with zero attached hydrogens (tertiary/aromatic N) is 2. The van der Waals surface area contributed by atoms with Crippen LogP contribution in [0.4, 0.5) is 0 Å². The lowest BCUT2D eigenvalue weighted by Gasteiger charge is -2.25. The lowest BCUT2D eigenvalue weighted by atomic mass is 10.1. The van der Waals surface area contributed by atoms with Crippen molar-refractivity contribution in [2.75, 3.05) is 20.6 Å². The minimum absolute atomic E-state index is 0.407. The SMILES string of the molecule is CCn1ccc(CNCC(c2ccccc2)N(C)C)c1. The summed E-state index contributed by atoms with van der Waals surface area (Å²) in [6.45, 7) is 5.07. The predicted octanol–water partition coefficient (Wildman–Crippen LogP) is 2.90. The Balaban J connectivity index is 1.90. The van der Waals surface area contributed by atoms with Crippen LogP contribution < -0.4 is 5.32 Å². The maximum absolute atomic E-state index is 3.56. The average molecular weight is 271 g/mol. The van der Waals surface area contributed by atoms with Crippen LogP contribution in [0.3, 0.4) is 0 Å². The summed E-state index contributed by atoms with van der Waals surface area (Å²) in [4.78, 5) is 2.26. The Morgan fingerprint density at radius 2 is 1.90 bits per heavy atom. The van der Waals surface area contributed by atoms with E-state index in [1.807, 2.05) is 0 Å². The summed E-state index contributed by atoms with van der Waals surface area (Å²) in [5, 5.41) is 3.56. The molecule has 1 unspecified atom stereocenters. The van der Waals surface area contributed by atoms with E-state index in [2.05, 4.69) is 84.6 Å². The summed E-state index contributed by atoms with van der Waals surface area (Å²) in [7, 11) is 4.26. The molecule has 0 bridgehead atoms. The van der Waals surface area contributed by atoms with Gasteiger partial charge in [0.15, 0.2) is 0 Å². The molecular formula is C17H25N3. The highest BCUT2D eigenvalue weighted by molar-refractivity contribution is 5.19. The van der Waals surface area contributed by atoms with Gasteiger partial charge in [0.25, 0.3) is 0 Å². The normalized spacial score (nSPS) is 12.8. The summed E-state index contributed by atoms with van der Waals surface area (Å²) < 4.78 is 2.21. The first-order chi connectivity index (χ1) is 9.70. The van der Waals surface area contributed by atoms with Crippen molar-refractivity contribution in [1.29, 1.82) is 0 Å². The lowest BCUT2D eigenvalue weighted by molar-refractivity contribution is 0.288. The molecule has 1 atom stereocenters. The van der Waals surface area contributed by atoms with Crippen molar-refractivity contribution in [3.63, 3.8) is 0 Å². The zero-order chi connectivity index (χ0) is 14.4. The van der Waals surface area contributed by atoms with Crippen LogP contribution in [0.5, 0.6) is 0 Å².